The number of H-pyrrole nitrogens is 1. The second-order valence-corrected chi connectivity index (χ2v) is 15.8. The molecule has 0 spiro atoms. The molecule has 2 aromatic rings. The lowest BCUT2D eigenvalue weighted by molar-refractivity contribution is -0.0548. The molecule has 4 heterocycles. The third-order valence-electron chi connectivity index (χ3n) is 7.67. The van der Waals surface area contributed by atoms with E-state index in [0.717, 1.165) is 23.0 Å². The first kappa shape index (κ1) is 45.8. The molecule has 0 amide bonds. The van der Waals surface area contributed by atoms with E-state index in [2.05, 4.69) is 58.6 Å². The maximum atomic E-state index is 12.3. The van der Waals surface area contributed by atoms with Gasteiger partial charge in [-0.2, -0.15) is 13.6 Å². The van der Waals surface area contributed by atoms with Crippen molar-refractivity contribution in [2.45, 2.75) is 69.9 Å². The fourth-order valence-electron chi connectivity index (χ4n) is 4.92. The molecule has 2 aliphatic heterocycles. The van der Waals surface area contributed by atoms with E-state index in [-0.39, 0.29) is 5.82 Å². The summed E-state index contributed by atoms with van der Waals surface area (Å²) in [5.74, 6) is -0.00828. The molecular formula is C25H43N6O20P3. The lowest BCUT2D eigenvalue weighted by Gasteiger charge is -2.21. The van der Waals surface area contributed by atoms with Crippen molar-refractivity contribution in [3.8, 4) is 0 Å². The van der Waals surface area contributed by atoms with Crippen molar-refractivity contribution < 1.29 is 80.8 Å². The van der Waals surface area contributed by atoms with Gasteiger partial charge >= 0.3 is 34.8 Å². The molecule has 308 valence electrons. The van der Waals surface area contributed by atoms with Crippen LogP contribution in [0.2, 0.25) is 0 Å². The number of rotatable bonds is 17. The number of aromatic nitrogens is 4. The summed E-state index contributed by atoms with van der Waals surface area (Å²) in [6, 6.07) is 2.15. The summed E-state index contributed by atoms with van der Waals surface area (Å²) in [5, 5.41) is 41.0. The molecule has 9 N–H and O–H groups in total. The Bertz CT molecular complexity index is 1850. The molecule has 0 aliphatic carbocycles. The first-order valence-corrected chi connectivity index (χ1v) is 20.3. The molecule has 0 aromatic carbocycles. The number of anilines is 1. The van der Waals surface area contributed by atoms with Gasteiger partial charge in [0, 0.05) is 18.5 Å². The predicted octanol–water partition coefficient (Wildman–Crippen LogP) is -2.28. The average molecular weight is 841 g/mol. The van der Waals surface area contributed by atoms with Crippen LogP contribution in [0.5, 0.6) is 0 Å². The fraction of sp³-hybridized carbons (Fsp3) is 0.680. The first-order valence-electron chi connectivity index (χ1n) is 15.8. The van der Waals surface area contributed by atoms with E-state index >= 15 is 0 Å². The highest BCUT2D eigenvalue weighted by Crippen LogP contribution is 2.67. The van der Waals surface area contributed by atoms with Gasteiger partial charge in [-0.15, -0.1) is 0 Å². The molecule has 2 aromatic heterocycles. The molecule has 11 atom stereocenters. The van der Waals surface area contributed by atoms with Crippen LogP contribution in [0.15, 0.2) is 38.9 Å². The Morgan fingerprint density at radius 3 is 1.65 bits per heavy atom. The topological polar surface area (TPSA) is 362 Å². The van der Waals surface area contributed by atoms with Crippen LogP contribution in [0.25, 0.3) is 0 Å². The van der Waals surface area contributed by atoms with Crippen LogP contribution in [0.4, 0.5) is 5.82 Å². The Morgan fingerprint density at radius 2 is 1.24 bits per heavy atom. The van der Waals surface area contributed by atoms with Gasteiger partial charge in [-0.05, 0) is 25.7 Å². The Kier molecular flexibility index (Phi) is 16.6. The third kappa shape index (κ3) is 12.5. The van der Waals surface area contributed by atoms with Crippen molar-refractivity contribution in [3.63, 3.8) is 0 Å². The largest absolute Gasteiger partial charge is 0.490 e. The molecule has 0 saturated carbocycles. The normalized spacial score (nSPS) is 28.8. The van der Waals surface area contributed by atoms with E-state index in [1.165, 1.54) is 32.8 Å². The highest BCUT2D eigenvalue weighted by atomic mass is 31.3. The maximum Gasteiger partial charge on any atom is 0.490 e. The van der Waals surface area contributed by atoms with Gasteiger partial charge in [0.2, 0.25) is 0 Å². The summed E-state index contributed by atoms with van der Waals surface area (Å²) in [7, 11) is -16.1. The number of aliphatic hydroxyl groups excluding tert-OH is 4. The third-order valence-corrected chi connectivity index (χ3v) is 11.9. The van der Waals surface area contributed by atoms with Crippen molar-refractivity contribution in [2.24, 2.45) is 0 Å². The number of nitrogens with one attached hydrogen (secondary N) is 2. The molecule has 2 saturated heterocycles. The van der Waals surface area contributed by atoms with Gasteiger partial charge in [-0.1, -0.05) is 20.8 Å². The molecule has 29 heteroatoms. The standard InChI is InChI=1S/C19H28N5O20P3.C6H15N/c1-38-22-10-2-4-23(18(30)20-10)16-14(28)12(26)8(41-16)6-39-45(32,33)43-47(36,37)44-46(34,35)40-7-9-13(27)15(29)17(42-9)24-5-3-11(25)21-19(24)31;1-4-7(5-2)6-3/h2-5,8-9,12-17,26-29H,6-7H2,1H3,(H,32,33)(H,34,35)(H,36,37)(H,20,22,30)(H,21,25,31);4-6H2,1-3H3/t8-,9-,12-,13-,14-,15-,16-,17-;/m1./s1. The summed E-state index contributed by atoms with van der Waals surface area (Å²) < 4.78 is 65.7. The summed E-state index contributed by atoms with van der Waals surface area (Å²) in [6.07, 6.45) is -11.8. The number of aromatic amines is 1. The summed E-state index contributed by atoms with van der Waals surface area (Å²) in [4.78, 5) is 77.5. The van der Waals surface area contributed by atoms with Crippen LogP contribution in [-0.4, -0.2) is 136 Å². The van der Waals surface area contributed by atoms with Gasteiger partial charge < -0.3 is 49.5 Å². The lowest BCUT2D eigenvalue weighted by atomic mass is 10.1. The van der Waals surface area contributed by atoms with Gasteiger partial charge in [-0.25, -0.2) is 28.8 Å². The van der Waals surface area contributed by atoms with Crippen LogP contribution in [0.1, 0.15) is 33.2 Å². The van der Waals surface area contributed by atoms with Crippen LogP contribution in [-0.2, 0) is 45.7 Å². The summed E-state index contributed by atoms with van der Waals surface area (Å²) in [5.41, 5.74) is -0.497. The fourth-order valence-corrected chi connectivity index (χ4v) is 8.44. The molecule has 3 unspecified atom stereocenters. The van der Waals surface area contributed by atoms with Crippen molar-refractivity contribution in [1.29, 1.82) is 0 Å². The number of hydrogen-bond acceptors (Lipinski definition) is 20. The van der Waals surface area contributed by atoms with Crippen LogP contribution in [0, 0.1) is 0 Å². The van der Waals surface area contributed by atoms with E-state index in [4.69, 9.17) is 9.47 Å². The SMILES string of the molecule is CCN(CC)CC.CONc1ccn([C@@H]2O[C@H](COP(=O)(O)OP(=O)(O)OP(=O)(O)OC[C@H]3O[C@@H](n4ccc(=O)[nH]c4=O)[C@H](O)[C@@H]3O)[C@@H](O)[C@H]2O)c(=O)n1. The summed E-state index contributed by atoms with van der Waals surface area (Å²) in [6.45, 7) is 7.89. The molecule has 4 rings (SSSR count). The van der Waals surface area contributed by atoms with E-state index in [9.17, 15) is 63.2 Å². The van der Waals surface area contributed by atoms with Crippen molar-refractivity contribution >= 4 is 29.3 Å². The highest BCUT2D eigenvalue weighted by Gasteiger charge is 2.49. The second-order valence-electron chi connectivity index (χ2n) is 11.2. The van der Waals surface area contributed by atoms with Crippen molar-refractivity contribution in [3.05, 3.63) is 55.8 Å². The summed E-state index contributed by atoms with van der Waals surface area (Å²) >= 11 is 0. The van der Waals surface area contributed by atoms with Crippen molar-refractivity contribution in [1.82, 2.24) is 24.0 Å². The van der Waals surface area contributed by atoms with Gasteiger partial charge in [0.15, 0.2) is 18.3 Å². The number of phosphoric ester groups is 2. The molecule has 54 heavy (non-hydrogen) atoms. The van der Waals surface area contributed by atoms with Gasteiger partial charge in [0.25, 0.3) is 5.56 Å². The number of hydrogen-bond donors (Lipinski definition) is 9. The van der Waals surface area contributed by atoms with Gasteiger partial charge in [0.05, 0.1) is 20.3 Å². The minimum atomic E-state index is -5.99. The highest BCUT2D eigenvalue weighted by molar-refractivity contribution is 7.66. The zero-order chi connectivity index (χ0) is 40.6. The van der Waals surface area contributed by atoms with Crippen LogP contribution >= 0.6 is 23.5 Å². The van der Waals surface area contributed by atoms with E-state index in [1.807, 2.05) is 4.98 Å². The second kappa shape index (κ2) is 19.5. The number of nitrogens with zero attached hydrogens (tertiary/aromatic N) is 4. The first-order chi connectivity index (χ1) is 25.2. The molecule has 26 nitrogen and oxygen atoms in total. The number of phosphoric acid groups is 3. The molecular weight excluding hydrogens is 797 g/mol. The average Bonchev–Trinajstić information content (AvgIpc) is 3.52. The quantitative estimate of drug-likeness (QED) is 0.0598. The van der Waals surface area contributed by atoms with E-state index in [1.54, 1.807) is 0 Å². The smallest absolute Gasteiger partial charge is 0.387 e. The molecule has 2 fully saturated rings. The zero-order valence-corrected chi connectivity index (χ0v) is 31.7. The van der Waals surface area contributed by atoms with E-state index < -0.39 is 103 Å². The van der Waals surface area contributed by atoms with E-state index in [0.29, 0.717) is 4.57 Å². The minimum Gasteiger partial charge on any atom is -0.387 e. The Balaban J connectivity index is 0.00000102. The van der Waals surface area contributed by atoms with Gasteiger partial charge in [0.1, 0.15) is 36.6 Å². The molecule has 0 bridgehead atoms. The van der Waals surface area contributed by atoms with Crippen molar-refractivity contribution in [2.75, 3.05) is 45.4 Å². The Morgan fingerprint density at radius 1 is 0.778 bits per heavy atom. The lowest BCUT2D eigenvalue weighted by Crippen LogP contribution is -2.37. The predicted molar refractivity (Wildman–Crippen MR) is 179 cm³/mol. The van der Waals surface area contributed by atoms with Gasteiger partial charge in [-0.3, -0.25) is 32.8 Å². The monoisotopic (exact) mass is 840 g/mol. The maximum absolute atomic E-state index is 12.3. The Hall–Kier alpha value is -2.55. The van der Waals surface area contributed by atoms with Crippen LogP contribution in [0.3, 0.4) is 0 Å². The zero-order valence-electron chi connectivity index (χ0n) is 29.0. The Labute approximate surface area is 305 Å². The molecule has 2 aliphatic rings. The minimum absolute atomic E-state index is 0.00828. The molecule has 0 radical (unpaired) electrons. The number of aliphatic hydroxyl groups is 4. The van der Waals surface area contributed by atoms with Crippen LogP contribution < -0.4 is 22.4 Å². The number of ether oxygens (including phenoxy) is 2.